The van der Waals surface area contributed by atoms with Crippen molar-refractivity contribution in [2.24, 2.45) is 5.84 Å². The average Bonchev–Trinajstić information content (AvgIpc) is 2.35. The van der Waals surface area contributed by atoms with Gasteiger partial charge in [-0.05, 0) is 47.7 Å². The van der Waals surface area contributed by atoms with Crippen LogP contribution < -0.4 is 16.6 Å². The largest absolute Gasteiger partial charge is 0.339 e. The van der Waals surface area contributed by atoms with Gasteiger partial charge in [0.15, 0.2) is 0 Å². The van der Waals surface area contributed by atoms with Crippen molar-refractivity contribution in [1.82, 2.24) is 9.97 Å². The molecule has 0 spiro atoms. The number of anilines is 3. The van der Waals surface area contributed by atoms with Gasteiger partial charge in [-0.2, -0.15) is 0 Å². The minimum atomic E-state index is 0.578. The number of hydrazine groups is 1. The first kappa shape index (κ1) is 13.3. The molecule has 0 atom stereocenters. The van der Waals surface area contributed by atoms with Gasteiger partial charge in [-0.3, -0.25) is 0 Å². The van der Waals surface area contributed by atoms with Crippen molar-refractivity contribution >= 4 is 51.5 Å². The van der Waals surface area contributed by atoms with E-state index < -0.39 is 0 Å². The fraction of sp³-hybridized carbons (Fsp3) is 0.0909. The minimum Gasteiger partial charge on any atom is -0.339 e. The summed E-state index contributed by atoms with van der Waals surface area (Å²) in [6.45, 7) is 1.87. The van der Waals surface area contributed by atoms with Gasteiger partial charge in [0.2, 0.25) is 0 Å². The maximum Gasteiger partial charge on any atom is 0.148 e. The van der Waals surface area contributed by atoms with Crippen LogP contribution in [0, 0.1) is 10.5 Å². The highest BCUT2D eigenvalue weighted by molar-refractivity contribution is 14.1. The number of nitrogens with one attached hydrogen (secondary N) is 2. The van der Waals surface area contributed by atoms with E-state index in [1.54, 1.807) is 0 Å². The number of hydrogen-bond donors (Lipinski definition) is 3. The molecule has 18 heavy (non-hydrogen) atoms. The number of nitrogens with two attached hydrogens (primary N) is 1. The van der Waals surface area contributed by atoms with Crippen molar-refractivity contribution < 1.29 is 0 Å². The quantitative estimate of drug-likeness (QED) is 0.437. The van der Waals surface area contributed by atoms with Crippen LogP contribution >= 0.6 is 34.2 Å². The zero-order valence-corrected chi connectivity index (χ0v) is 12.5. The topological polar surface area (TPSA) is 75.9 Å². The first-order chi connectivity index (χ1) is 8.61. The van der Waals surface area contributed by atoms with Crippen molar-refractivity contribution in [2.75, 3.05) is 10.7 Å². The zero-order chi connectivity index (χ0) is 13.1. The Kier molecular flexibility index (Phi) is 4.20. The Morgan fingerprint density at radius 2 is 2.00 bits per heavy atom. The highest BCUT2D eigenvalue weighted by Crippen LogP contribution is 2.28. The second kappa shape index (κ2) is 5.68. The molecule has 1 heterocycles. The van der Waals surface area contributed by atoms with E-state index in [0.29, 0.717) is 16.7 Å². The monoisotopic (exact) mass is 375 g/mol. The third-order valence-electron chi connectivity index (χ3n) is 2.41. The fourth-order valence-corrected chi connectivity index (χ4v) is 2.34. The van der Waals surface area contributed by atoms with Crippen molar-refractivity contribution in [1.29, 1.82) is 0 Å². The summed E-state index contributed by atoms with van der Waals surface area (Å²) in [5.41, 5.74) is 4.14. The van der Waals surface area contributed by atoms with Crippen LogP contribution in [-0.2, 0) is 0 Å². The lowest BCUT2D eigenvalue weighted by molar-refractivity contribution is 1.11. The maximum atomic E-state index is 6.15. The van der Waals surface area contributed by atoms with Crippen LogP contribution in [0.4, 0.5) is 17.3 Å². The van der Waals surface area contributed by atoms with Crippen LogP contribution in [0.1, 0.15) is 5.56 Å². The highest BCUT2D eigenvalue weighted by atomic mass is 127. The number of benzene rings is 1. The molecule has 0 unspecified atom stereocenters. The fourth-order valence-electron chi connectivity index (χ4n) is 1.44. The third-order valence-corrected chi connectivity index (χ3v) is 3.39. The molecule has 0 radical (unpaired) electrons. The van der Waals surface area contributed by atoms with E-state index in [0.717, 1.165) is 14.8 Å². The van der Waals surface area contributed by atoms with Crippen LogP contribution in [0.25, 0.3) is 0 Å². The number of hydrogen-bond acceptors (Lipinski definition) is 5. The number of aromatic nitrogens is 2. The first-order valence-electron chi connectivity index (χ1n) is 5.12. The van der Waals surface area contributed by atoms with Gasteiger partial charge < -0.3 is 10.7 Å². The Labute approximate surface area is 123 Å². The summed E-state index contributed by atoms with van der Waals surface area (Å²) in [6, 6.07) is 5.75. The second-order valence-corrected chi connectivity index (χ2v) is 5.24. The van der Waals surface area contributed by atoms with Crippen LogP contribution in [-0.4, -0.2) is 9.97 Å². The molecule has 0 amide bonds. The van der Waals surface area contributed by atoms with Gasteiger partial charge in [0.05, 0.1) is 10.7 Å². The summed E-state index contributed by atoms with van der Waals surface area (Å²) in [6.07, 6.45) is 1.44. The normalized spacial score (nSPS) is 10.2. The van der Waals surface area contributed by atoms with Crippen LogP contribution in [0.15, 0.2) is 24.5 Å². The van der Waals surface area contributed by atoms with Crippen LogP contribution in [0.3, 0.4) is 0 Å². The van der Waals surface area contributed by atoms with Gasteiger partial charge in [0, 0.05) is 9.13 Å². The van der Waals surface area contributed by atoms with Gasteiger partial charge in [-0.25, -0.2) is 15.8 Å². The van der Waals surface area contributed by atoms with E-state index in [4.69, 9.17) is 17.4 Å². The molecule has 1 aromatic carbocycles. The standard InChI is InChI=1S/C11H11ClIN5/c1-6-10(15-5-16-11(6)18-14)17-9-3-2-7(13)4-8(9)12/h2-5H,14H2,1H3,(H2,15,16,17,18). The molecule has 0 saturated heterocycles. The van der Waals surface area contributed by atoms with Gasteiger partial charge in [0.1, 0.15) is 18.0 Å². The number of nitrogens with zero attached hydrogens (tertiary/aromatic N) is 2. The molecule has 7 heteroatoms. The zero-order valence-electron chi connectivity index (χ0n) is 9.54. The number of halogens is 2. The Morgan fingerprint density at radius 3 is 2.67 bits per heavy atom. The van der Waals surface area contributed by atoms with Crippen molar-refractivity contribution in [3.8, 4) is 0 Å². The summed E-state index contributed by atoms with van der Waals surface area (Å²) >= 11 is 8.36. The summed E-state index contributed by atoms with van der Waals surface area (Å²) in [5.74, 6) is 6.61. The number of nitrogen functional groups attached to an aromatic ring is 1. The molecule has 0 aliphatic rings. The molecule has 0 fully saturated rings. The summed E-state index contributed by atoms with van der Waals surface area (Å²) in [5, 5.41) is 3.80. The van der Waals surface area contributed by atoms with E-state index in [1.165, 1.54) is 6.33 Å². The molecule has 94 valence electrons. The van der Waals surface area contributed by atoms with Gasteiger partial charge in [-0.15, -0.1) is 0 Å². The Balaban J connectivity index is 2.34. The predicted octanol–water partition coefficient (Wildman–Crippen LogP) is 3.07. The molecule has 0 saturated carbocycles. The average molecular weight is 376 g/mol. The Bertz CT molecular complexity index is 575. The van der Waals surface area contributed by atoms with Gasteiger partial charge in [0.25, 0.3) is 0 Å². The summed E-state index contributed by atoms with van der Waals surface area (Å²) < 4.78 is 1.08. The highest BCUT2D eigenvalue weighted by Gasteiger charge is 2.08. The molecule has 2 rings (SSSR count). The number of rotatable bonds is 3. The molecule has 2 aromatic rings. The molecule has 4 N–H and O–H groups in total. The minimum absolute atomic E-state index is 0.578. The molecule has 5 nitrogen and oxygen atoms in total. The lowest BCUT2D eigenvalue weighted by Crippen LogP contribution is -2.11. The smallest absolute Gasteiger partial charge is 0.148 e. The Morgan fingerprint density at radius 1 is 1.28 bits per heavy atom. The second-order valence-electron chi connectivity index (χ2n) is 3.59. The third kappa shape index (κ3) is 2.82. The predicted molar refractivity (Wildman–Crippen MR) is 82.0 cm³/mol. The van der Waals surface area contributed by atoms with Crippen LogP contribution in [0.2, 0.25) is 5.02 Å². The lowest BCUT2D eigenvalue weighted by atomic mass is 10.2. The summed E-state index contributed by atoms with van der Waals surface area (Å²) in [7, 11) is 0. The van der Waals surface area contributed by atoms with E-state index in [1.807, 2.05) is 25.1 Å². The molecular formula is C11H11ClIN5. The molecule has 0 bridgehead atoms. The molecule has 1 aromatic heterocycles. The van der Waals surface area contributed by atoms with E-state index >= 15 is 0 Å². The van der Waals surface area contributed by atoms with E-state index in [-0.39, 0.29) is 0 Å². The lowest BCUT2D eigenvalue weighted by Gasteiger charge is -2.12. The van der Waals surface area contributed by atoms with Gasteiger partial charge in [-0.1, -0.05) is 11.6 Å². The SMILES string of the molecule is Cc1c(NN)ncnc1Nc1ccc(I)cc1Cl. The van der Waals surface area contributed by atoms with Crippen molar-refractivity contribution in [2.45, 2.75) is 6.92 Å². The molecule has 0 aliphatic carbocycles. The molecular weight excluding hydrogens is 365 g/mol. The van der Waals surface area contributed by atoms with Crippen molar-refractivity contribution in [3.63, 3.8) is 0 Å². The maximum absolute atomic E-state index is 6.15. The van der Waals surface area contributed by atoms with E-state index in [2.05, 4.69) is 43.3 Å². The van der Waals surface area contributed by atoms with E-state index in [9.17, 15) is 0 Å². The van der Waals surface area contributed by atoms with Crippen molar-refractivity contribution in [3.05, 3.63) is 38.7 Å². The van der Waals surface area contributed by atoms with Gasteiger partial charge >= 0.3 is 0 Å². The Hall–Kier alpha value is -1.12. The molecule has 0 aliphatic heterocycles. The van der Waals surface area contributed by atoms with Crippen LogP contribution in [0.5, 0.6) is 0 Å². The summed E-state index contributed by atoms with van der Waals surface area (Å²) in [4.78, 5) is 8.18. The first-order valence-corrected chi connectivity index (χ1v) is 6.57.